The molecule has 0 fully saturated rings. The first-order valence-electron chi connectivity index (χ1n) is 14.0. The lowest BCUT2D eigenvalue weighted by atomic mass is 10.0. The lowest BCUT2D eigenvalue weighted by molar-refractivity contribution is -0.136. The van der Waals surface area contributed by atoms with E-state index in [1.165, 1.54) is 16.7 Å². The third-order valence-electron chi connectivity index (χ3n) is 6.54. The minimum absolute atomic E-state index is 0.0957. The Bertz CT molecular complexity index is 1580. The second kappa shape index (κ2) is 14.8. The van der Waals surface area contributed by atoms with E-state index in [0.29, 0.717) is 12.1 Å². The molecule has 2 N–H and O–H groups in total. The summed E-state index contributed by atoms with van der Waals surface area (Å²) in [4.78, 5) is 30.2. The van der Waals surface area contributed by atoms with Gasteiger partial charge in [-0.1, -0.05) is 98.3 Å². The molecule has 42 heavy (non-hydrogen) atoms. The summed E-state index contributed by atoms with van der Waals surface area (Å²) in [5.41, 5.74) is 8.05. The molecule has 5 rings (SSSR count). The normalized spacial score (nSPS) is 10.4. The second-order valence-electron chi connectivity index (χ2n) is 9.48. The van der Waals surface area contributed by atoms with Crippen LogP contribution in [-0.4, -0.2) is 28.5 Å². The van der Waals surface area contributed by atoms with Gasteiger partial charge < -0.3 is 15.3 Å². The summed E-state index contributed by atoms with van der Waals surface area (Å²) in [5.74, 6) is -1.23. The molecule has 0 unspecified atom stereocenters. The molecule has 1 heterocycles. The van der Waals surface area contributed by atoms with Crippen molar-refractivity contribution >= 4 is 34.0 Å². The van der Waals surface area contributed by atoms with Gasteiger partial charge in [0.2, 0.25) is 0 Å². The van der Waals surface area contributed by atoms with Crippen molar-refractivity contribution in [2.24, 2.45) is 0 Å². The topological polar surface area (TPSA) is 82.5 Å². The van der Waals surface area contributed by atoms with Crippen molar-refractivity contribution in [1.82, 2.24) is 10.3 Å². The van der Waals surface area contributed by atoms with E-state index in [2.05, 4.69) is 83.2 Å². The number of aliphatic carboxylic acids is 1. The van der Waals surface area contributed by atoms with E-state index in [1.54, 1.807) is 23.5 Å². The van der Waals surface area contributed by atoms with Gasteiger partial charge in [-0.3, -0.25) is 9.59 Å². The molecule has 7 heteroatoms. The molecule has 0 saturated carbocycles. The van der Waals surface area contributed by atoms with Gasteiger partial charge in [0.1, 0.15) is 0 Å². The van der Waals surface area contributed by atoms with Crippen molar-refractivity contribution in [1.29, 1.82) is 0 Å². The largest absolute Gasteiger partial charge is 0.481 e. The smallest absolute Gasteiger partial charge is 0.305 e. The van der Waals surface area contributed by atoms with Gasteiger partial charge in [-0.05, 0) is 47.9 Å². The number of anilines is 2. The minimum Gasteiger partial charge on any atom is -0.481 e. The van der Waals surface area contributed by atoms with Gasteiger partial charge in [0, 0.05) is 28.7 Å². The molecule has 0 spiro atoms. The lowest BCUT2D eigenvalue weighted by Gasteiger charge is -2.22. The van der Waals surface area contributed by atoms with Crippen molar-refractivity contribution in [2.45, 2.75) is 33.7 Å². The molecule has 4 aromatic carbocycles. The number of aromatic nitrogens is 1. The number of carbonyl (C=O) groups is 2. The zero-order valence-electron chi connectivity index (χ0n) is 24.1. The number of nitrogens with one attached hydrogen (secondary N) is 1. The Morgan fingerprint density at radius 3 is 2.07 bits per heavy atom. The van der Waals surface area contributed by atoms with Crippen LogP contribution < -0.4 is 10.2 Å². The average Bonchev–Trinajstić information content (AvgIpc) is 3.52. The van der Waals surface area contributed by atoms with Crippen LogP contribution in [0.4, 0.5) is 10.8 Å². The number of hydrogen-bond acceptors (Lipinski definition) is 5. The predicted molar refractivity (Wildman–Crippen MR) is 172 cm³/mol. The van der Waals surface area contributed by atoms with Crippen LogP contribution >= 0.6 is 11.3 Å². The Kier molecular flexibility index (Phi) is 10.6. The molecule has 1 amide bonds. The van der Waals surface area contributed by atoms with Gasteiger partial charge in [0.05, 0.1) is 18.7 Å². The van der Waals surface area contributed by atoms with Crippen molar-refractivity contribution in [3.05, 3.63) is 125 Å². The third kappa shape index (κ3) is 7.92. The van der Waals surface area contributed by atoms with E-state index in [-0.39, 0.29) is 18.9 Å². The fraction of sp³-hybridized carbons (Fsp3) is 0.171. The summed E-state index contributed by atoms with van der Waals surface area (Å²) in [6, 6.07) is 34.5. The van der Waals surface area contributed by atoms with Gasteiger partial charge in [0.25, 0.3) is 5.91 Å². The van der Waals surface area contributed by atoms with Crippen LogP contribution in [-0.2, 0) is 11.3 Å². The predicted octanol–water partition coefficient (Wildman–Crippen LogP) is 8.35. The monoisotopic (exact) mass is 577 g/mol. The first-order chi connectivity index (χ1) is 20.5. The molecule has 0 saturated heterocycles. The number of rotatable bonds is 10. The van der Waals surface area contributed by atoms with Crippen molar-refractivity contribution in [3.8, 4) is 22.4 Å². The molecule has 0 aliphatic rings. The minimum atomic E-state index is -0.943. The second-order valence-corrected chi connectivity index (χ2v) is 10.3. The molecule has 0 atom stereocenters. The Balaban J connectivity index is 0.00000198. The van der Waals surface area contributed by atoms with Crippen LogP contribution in [0.25, 0.3) is 22.4 Å². The fourth-order valence-corrected chi connectivity index (χ4v) is 5.16. The summed E-state index contributed by atoms with van der Waals surface area (Å²) >= 11 is 1.59. The molecule has 6 nitrogen and oxygen atoms in total. The number of carboxylic acids is 1. The van der Waals surface area contributed by atoms with Crippen LogP contribution in [0.3, 0.4) is 0 Å². The summed E-state index contributed by atoms with van der Waals surface area (Å²) < 4.78 is 0. The Morgan fingerprint density at radius 1 is 0.810 bits per heavy atom. The number of benzene rings is 4. The quantitative estimate of drug-likeness (QED) is 0.174. The number of carboxylic acid groups (broad SMARTS) is 1. The number of hydrogen-bond donors (Lipinski definition) is 2. The molecule has 0 aliphatic heterocycles. The lowest BCUT2D eigenvalue weighted by Crippen LogP contribution is -2.26. The highest BCUT2D eigenvalue weighted by Gasteiger charge is 2.16. The van der Waals surface area contributed by atoms with E-state index in [0.717, 1.165) is 27.6 Å². The fourth-order valence-electron chi connectivity index (χ4n) is 4.31. The first-order valence-corrected chi connectivity index (χ1v) is 14.9. The molecular weight excluding hydrogens is 542 g/mol. The maximum absolute atomic E-state index is 12.4. The SMILES string of the molecule is CC.Cc1ccc(N(Cc2ccc(C(=O)NCCC(=O)O)cc2)c2nc(-c3ccc(-c4ccccc4)cc3)cs2)cc1. The highest BCUT2D eigenvalue weighted by atomic mass is 32.1. The maximum Gasteiger partial charge on any atom is 0.305 e. The Labute approximate surface area is 251 Å². The highest BCUT2D eigenvalue weighted by molar-refractivity contribution is 7.14. The number of nitrogens with zero attached hydrogens (tertiary/aromatic N) is 2. The number of aryl methyl sites for hydroxylation is 1. The van der Waals surface area contributed by atoms with Crippen LogP contribution in [0.1, 0.15) is 41.8 Å². The van der Waals surface area contributed by atoms with Gasteiger partial charge in [-0.2, -0.15) is 0 Å². The van der Waals surface area contributed by atoms with E-state index in [9.17, 15) is 9.59 Å². The van der Waals surface area contributed by atoms with Gasteiger partial charge in [-0.25, -0.2) is 4.98 Å². The summed E-state index contributed by atoms with van der Waals surface area (Å²) in [6.07, 6.45) is -0.109. The number of amides is 1. The van der Waals surface area contributed by atoms with Gasteiger partial charge >= 0.3 is 5.97 Å². The molecule has 0 aliphatic carbocycles. The molecule has 214 valence electrons. The summed E-state index contributed by atoms with van der Waals surface area (Å²) in [5, 5.41) is 14.4. The van der Waals surface area contributed by atoms with Gasteiger partial charge in [0.15, 0.2) is 5.13 Å². The molecular formula is C35H35N3O3S. The molecule has 1 aromatic heterocycles. The average molecular weight is 578 g/mol. The summed E-state index contributed by atoms with van der Waals surface area (Å²) in [7, 11) is 0. The zero-order chi connectivity index (χ0) is 29.9. The van der Waals surface area contributed by atoms with E-state index < -0.39 is 5.97 Å². The molecule has 0 bridgehead atoms. The van der Waals surface area contributed by atoms with E-state index >= 15 is 0 Å². The zero-order valence-corrected chi connectivity index (χ0v) is 24.9. The maximum atomic E-state index is 12.4. The molecule has 0 radical (unpaired) electrons. The van der Waals surface area contributed by atoms with Crippen molar-refractivity contribution in [2.75, 3.05) is 11.4 Å². The van der Waals surface area contributed by atoms with E-state index in [4.69, 9.17) is 10.1 Å². The van der Waals surface area contributed by atoms with Crippen molar-refractivity contribution < 1.29 is 14.7 Å². The van der Waals surface area contributed by atoms with Crippen LogP contribution in [0, 0.1) is 6.92 Å². The van der Waals surface area contributed by atoms with E-state index in [1.807, 2.05) is 44.2 Å². The molecule has 5 aromatic rings. The number of carbonyl (C=O) groups excluding carboxylic acids is 1. The number of thiazole rings is 1. The van der Waals surface area contributed by atoms with Gasteiger partial charge in [-0.15, -0.1) is 11.3 Å². The van der Waals surface area contributed by atoms with Crippen molar-refractivity contribution in [3.63, 3.8) is 0 Å². The Hall–Kier alpha value is -4.75. The van der Waals surface area contributed by atoms with Crippen LogP contribution in [0.5, 0.6) is 0 Å². The highest BCUT2D eigenvalue weighted by Crippen LogP contribution is 2.34. The standard InChI is InChI=1S/C33H29N3O3S.C2H6/c1-23-7-17-29(18-8-23)36(21-24-9-11-28(12-10-24)32(39)34-20-19-31(37)38)33-35-30(22-40-33)27-15-13-26(14-16-27)25-5-3-2-4-6-25;1-2/h2-18,22H,19-21H2,1H3,(H,34,39)(H,37,38);1-2H3. The summed E-state index contributed by atoms with van der Waals surface area (Å²) in [6.45, 7) is 6.73. The third-order valence-corrected chi connectivity index (χ3v) is 7.40. The Morgan fingerprint density at radius 2 is 1.43 bits per heavy atom. The first kappa shape index (κ1) is 30.2. The van der Waals surface area contributed by atoms with Crippen LogP contribution in [0.15, 0.2) is 109 Å². The van der Waals surface area contributed by atoms with Crippen LogP contribution in [0.2, 0.25) is 0 Å².